The lowest BCUT2D eigenvalue weighted by Gasteiger charge is -2.01. The van der Waals surface area contributed by atoms with Crippen molar-refractivity contribution in [1.82, 2.24) is 9.97 Å². The first-order valence-electron chi connectivity index (χ1n) is 6.00. The van der Waals surface area contributed by atoms with Gasteiger partial charge < -0.3 is 5.11 Å². The van der Waals surface area contributed by atoms with Gasteiger partial charge in [0.15, 0.2) is 0 Å². The van der Waals surface area contributed by atoms with Gasteiger partial charge in [0, 0.05) is 29.4 Å². The van der Waals surface area contributed by atoms with Crippen LogP contribution in [0.15, 0.2) is 60.9 Å². The highest BCUT2D eigenvalue weighted by atomic mass is 16.3. The van der Waals surface area contributed by atoms with E-state index in [9.17, 15) is 5.11 Å². The molecule has 0 radical (unpaired) electrons. The van der Waals surface area contributed by atoms with Crippen molar-refractivity contribution in [3.05, 3.63) is 72.2 Å². The Morgan fingerprint density at radius 3 is 2.58 bits per heavy atom. The van der Waals surface area contributed by atoms with E-state index in [1.807, 2.05) is 36.4 Å². The number of para-hydroxylation sites is 1. The molecule has 0 aliphatic rings. The topological polar surface area (TPSA) is 46.0 Å². The number of aliphatic hydroxyl groups excluding tert-OH is 1. The van der Waals surface area contributed by atoms with Gasteiger partial charge in [-0.05, 0) is 24.3 Å². The fourth-order valence-corrected chi connectivity index (χ4v) is 1.91. The summed E-state index contributed by atoms with van der Waals surface area (Å²) < 4.78 is 0. The molecule has 0 amide bonds. The molecule has 0 saturated heterocycles. The van der Waals surface area contributed by atoms with Gasteiger partial charge in [-0.3, -0.25) is 4.98 Å². The molecule has 1 N–H and O–H groups in total. The van der Waals surface area contributed by atoms with Gasteiger partial charge in [-0.2, -0.15) is 0 Å². The molecule has 92 valence electrons. The van der Waals surface area contributed by atoms with Gasteiger partial charge in [-0.1, -0.05) is 24.3 Å². The first-order valence-corrected chi connectivity index (χ1v) is 6.00. The Balaban J connectivity index is 2.01. The predicted molar refractivity (Wildman–Crippen MR) is 76.5 cm³/mol. The van der Waals surface area contributed by atoms with E-state index in [1.165, 1.54) is 0 Å². The zero-order valence-corrected chi connectivity index (χ0v) is 10.2. The fourth-order valence-electron chi connectivity index (χ4n) is 1.91. The van der Waals surface area contributed by atoms with E-state index in [0.717, 1.165) is 22.2 Å². The minimum atomic E-state index is 0.185. The number of fused-ring (bicyclic) bond motifs is 1. The second-order valence-corrected chi connectivity index (χ2v) is 4.19. The van der Waals surface area contributed by atoms with Crippen LogP contribution in [0, 0.1) is 0 Å². The van der Waals surface area contributed by atoms with Crippen molar-refractivity contribution in [3.63, 3.8) is 0 Å². The first kappa shape index (κ1) is 11.4. The molecule has 3 heteroatoms. The molecule has 0 aliphatic carbocycles. The second-order valence-electron chi connectivity index (χ2n) is 4.19. The maximum Gasteiger partial charge on any atom is 0.125 e. The molecule has 1 aromatic carbocycles. The number of pyridine rings is 2. The van der Waals surface area contributed by atoms with Crippen molar-refractivity contribution >= 4 is 22.7 Å². The lowest BCUT2D eigenvalue weighted by atomic mass is 10.1. The average molecular weight is 248 g/mol. The number of hydrogen-bond acceptors (Lipinski definition) is 3. The van der Waals surface area contributed by atoms with Crippen LogP contribution in [0.3, 0.4) is 0 Å². The fraction of sp³-hybridized carbons (Fsp3) is 0. The molecule has 0 spiro atoms. The van der Waals surface area contributed by atoms with Gasteiger partial charge in [0.05, 0.1) is 11.2 Å². The maximum absolute atomic E-state index is 10.0. The predicted octanol–water partition coefficient (Wildman–Crippen LogP) is 3.69. The van der Waals surface area contributed by atoms with E-state index in [2.05, 4.69) is 9.97 Å². The Morgan fingerprint density at radius 2 is 1.74 bits per heavy atom. The van der Waals surface area contributed by atoms with Crippen LogP contribution in [0.5, 0.6) is 0 Å². The SMILES string of the molecule is O/C(=C/c1ccc2ccccc2n1)c1ccncc1. The van der Waals surface area contributed by atoms with E-state index in [1.54, 1.807) is 30.6 Å². The molecule has 3 aromatic rings. The third-order valence-corrected chi connectivity index (χ3v) is 2.88. The van der Waals surface area contributed by atoms with E-state index in [0.29, 0.717) is 0 Å². The monoisotopic (exact) mass is 248 g/mol. The normalized spacial score (nSPS) is 11.7. The summed E-state index contributed by atoms with van der Waals surface area (Å²) in [6, 6.07) is 15.3. The van der Waals surface area contributed by atoms with Crippen LogP contribution in [0.4, 0.5) is 0 Å². The molecule has 0 aliphatic heterocycles. The lowest BCUT2D eigenvalue weighted by Crippen LogP contribution is -1.87. The van der Waals surface area contributed by atoms with Crippen molar-refractivity contribution in [2.45, 2.75) is 0 Å². The Bertz CT molecular complexity index is 736. The van der Waals surface area contributed by atoms with Crippen molar-refractivity contribution in [2.24, 2.45) is 0 Å². The summed E-state index contributed by atoms with van der Waals surface area (Å²) in [5.74, 6) is 0.185. The van der Waals surface area contributed by atoms with E-state index in [4.69, 9.17) is 0 Å². The molecule has 0 bridgehead atoms. The third kappa shape index (κ3) is 2.45. The molecule has 0 saturated carbocycles. The van der Waals surface area contributed by atoms with Crippen LogP contribution in [0.2, 0.25) is 0 Å². The van der Waals surface area contributed by atoms with Crippen LogP contribution < -0.4 is 0 Å². The summed E-state index contributed by atoms with van der Waals surface area (Å²) in [4.78, 5) is 8.41. The molecule has 0 fully saturated rings. The number of aromatic nitrogens is 2. The van der Waals surface area contributed by atoms with Gasteiger partial charge in [0.25, 0.3) is 0 Å². The highest BCUT2D eigenvalue weighted by Gasteiger charge is 2.00. The largest absolute Gasteiger partial charge is 0.507 e. The highest BCUT2D eigenvalue weighted by Crippen LogP contribution is 2.16. The number of rotatable bonds is 2. The van der Waals surface area contributed by atoms with Gasteiger partial charge in [0.1, 0.15) is 5.76 Å². The highest BCUT2D eigenvalue weighted by molar-refractivity contribution is 5.82. The zero-order valence-electron chi connectivity index (χ0n) is 10.2. The van der Waals surface area contributed by atoms with Crippen molar-refractivity contribution in [1.29, 1.82) is 0 Å². The Kier molecular flexibility index (Phi) is 2.94. The molecule has 0 atom stereocenters. The van der Waals surface area contributed by atoms with Gasteiger partial charge in [-0.15, -0.1) is 0 Å². The van der Waals surface area contributed by atoms with Gasteiger partial charge >= 0.3 is 0 Å². The number of aliphatic hydroxyl groups is 1. The molecular formula is C16H12N2O. The molecule has 3 nitrogen and oxygen atoms in total. The zero-order chi connectivity index (χ0) is 13.1. The summed E-state index contributed by atoms with van der Waals surface area (Å²) in [5, 5.41) is 11.1. The van der Waals surface area contributed by atoms with Crippen molar-refractivity contribution in [2.75, 3.05) is 0 Å². The van der Waals surface area contributed by atoms with E-state index >= 15 is 0 Å². The molecule has 3 rings (SSSR count). The van der Waals surface area contributed by atoms with E-state index < -0.39 is 0 Å². The summed E-state index contributed by atoms with van der Waals surface area (Å²) in [6.07, 6.45) is 4.95. The first-order chi connectivity index (χ1) is 9.33. The number of benzene rings is 1. The number of nitrogens with zero attached hydrogens (tertiary/aromatic N) is 2. The van der Waals surface area contributed by atoms with Crippen LogP contribution in [0.25, 0.3) is 22.7 Å². The smallest absolute Gasteiger partial charge is 0.125 e. The summed E-state index contributed by atoms with van der Waals surface area (Å²) >= 11 is 0. The van der Waals surface area contributed by atoms with Gasteiger partial charge in [-0.25, -0.2) is 4.98 Å². The average Bonchev–Trinajstić information content (AvgIpc) is 2.48. The lowest BCUT2D eigenvalue weighted by molar-refractivity contribution is 0.515. The Labute approximate surface area is 110 Å². The standard InChI is InChI=1S/C16H12N2O/c19-16(13-7-9-17-10-8-13)11-14-6-5-12-3-1-2-4-15(12)18-14/h1-11,19H/b16-11+. The minimum absolute atomic E-state index is 0.185. The minimum Gasteiger partial charge on any atom is -0.507 e. The summed E-state index contributed by atoms with van der Waals surface area (Å²) in [7, 11) is 0. The molecule has 19 heavy (non-hydrogen) atoms. The number of hydrogen-bond donors (Lipinski definition) is 1. The quantitative estimate of drug-likeness (QED) is 0.703. The van der Waals surface area contributed by atoms with Crippen molar-refractivity contribution in [3.8, 4) is 0 Å². The Hall–Kier alpha value is -2.68. The van der Waals surface area contributed by atoms with Crippen LogP contribution in [-0.4, -0.2) is 15.1 Å². The van der Waals surface area contributed by atoms with Crippen LogP contribution in [-0.2, 0) is 0 Å². The second kappa shape index (κ2) is 4.90. The molecule has 2 aromatic heterocycles. The molecule has 2 heterocycles. The van der Waals surface area contributed by atoms with Crippen molar-refractivity contribution < 1.29 is 5.11 Å². The van der Waals surface area contributed by atoms with Crippen LogP contribution >= 0.6 is 0 Å². The Morgan fingerprint density at radius 1 is 0.947 bits per heavy atom. The summed E-state index contributed by atoms with van der Waals surface area (Å²) in [5.41, 5.74) is 2.37. The van der Waals surface area contributed by atoms with Gasteiger partial charge in [0.2, 0.25) is 0 Å². The summed E-state index contributed by atoms with van der Waals surface area (Å²) in [6.45, 7) is 0. The molecular weight excluding hydrogens is 236 g/mol. The van der Waals surface area contributed by atoms with Crippen LogP contribution in [0.1, 0.15) is 11.3 Å². The van der Waals surface area contributed by atoms with E-state index in [-0.39, 0.29) is 5.76 Å². The maximum atomic E-state index is 10.0. The third-order valence-electron chi connectivity index (χ3n) is 2.88. The molecule has 0 unspecified atom stereocenters.